The third-order valence-corrected chi connectivity index (χ3v) is 4.86. The van der Waals surface area contributed by atoms with Crippen LogP contribution in [0, 0.1) is 0 Å². The molecule has 0 spiro atoms. The second kappa shape index (κ2) is 8.54. The monoisotopic (exact) mass is 419 g/mol. The molecule has 0 radical (unpaired) electrons. The van der Waals surface area contributed by atoms with Crippen molar-refractivity contribution in [3.63, 3.8) is 0 Å². The molecule has 0 aliphatic carbocycles. The van der Waals surface area contributed by atoms with Crippen molar-refractivity contribution in [2.24, 2.45) is 0 Å². The zero-order valence-corrected chi connectivity index (χ0v) is 15.9. The maximum absolute atomic E-state index is 12.6. The first-order valence-corrected chi connectivity index (χ1v) is 9.17. The van der Waals surface area contributed by atoms with Gasteiger partial charge in [0.25, 0.3) is 0 Å². The van der Waals surface area contributed by atoms with Gasteiger partial charge < -0.3 is 9.64 Å². The minimum absolute atomic E-state index is 0.473. The van der Waals surface area contributed by atoms with E-state index in [-0.39, 0.29) is 0 Å². The fourth-order valence-corrected chi connectivity index (χ4v) is 3.28. The summed E-state index contributed by atoms with van der Waals surface area (Å²) in [7, 11) is 0. The Morgan fingerprint density at radius 3 is 2.37 bits per heavy atom. The van der Waals surface area contributed by atoms with Crippen LogP contribution in [0.4, 0.5) is 19.0 Å². The van der Waals surface area contributed by atoms with Crippen molar-refractivity contribution in [2.45, 2.75) is 6.18 Å². The Kier molecular flexibility index (Phi) is 6.34. The number of rotatable bonds is 5. The number of anilines is 1. The first-order chi connectivity index (χ1) is 12.8. The average molecular weight is 420 g/mol. The molecule has 1 fully saturated rings. The van der Waals surface area contributed by atoms with Crippen LogP contribution >= 0.6 is 23.2 Å². The Labute approximate surface area is 165 Å². The molecule has 0 N–H and O–H groups in total. The van der Waals surface area contributed by atoms with E-state index in [0.29, 0.717) is 41.3 Å². The van der Waals surface area contributed by atoms with Crippen LogP contribution in [-0.4, -0.2) is 49.2 Å². The first-order valence-electron chi connectivity index (χ1n) is 8.41. The van der Waals surface area contributed by atoms with Gasteiger partial charge in [0.2, 0.25) is 0 Å². The van der Waals surface area contributed by atoms with Crippen LogP contribution in [0.25, 0.3) is 0 Å². The SMILES string of the molecule is FC(F)(F)c1ccc(N2CCN(CCOc3ccc(Cl)cc3Cl)CC2)nc1. The van der Waals surface area contributed by atoms with E-state index < -0.39 is 11.7 Å². The number of hydrogen-bond acceptors (Lipinski definition) is 4. The van der Waals surface area contributed by atoms with Crippen LogP contribution in [0.15, 0.2) is 36.5 Å². The van der Waals surface area contributed by atoms with Gasteiger partial charge in [-0.15, -0.1) is 0 Å². The molecule has 2 heterocycles. The third kappa shape index (κ3) is 5.40. The molecule has 146 valence electrons. The number of pyridine rings is 1. The summed E-state index contributed by atoms with van der Waals surface area (Å²) < 4.78 is 43.5. The highest BCUT2D eigenvalue weighted by Gasteiger charge is 2.31. The van der Waals surface area contributed by atoms with E-state index in [9.17, 15) is 13.2 Å². The normalized spacial score (nSPS) is 15.8. The van der Waals surface area contributed by atoms with Crippen molar-refractivity contribution in [1.29, 1.82) is 0 Å². The fourth-order valence-electron chi connectivity index (χ4n) is 2.82. The molecular weight excluding hydrogens is 402 g/mol. The van der Waals surface area contributed by atoms with Gasteiger partial charge in [-0.05, 0) is 30.3 Å². The lowest BCUT2D eigenvalue weighted by Gasteiger charge is -2.35. The molecule has 3 rings (SSSR count). The van der Waals surface area contributed by atoms with Gasteiger partial charge in [-0.1, -0.05) is 23.2 Å². The predicted molar refractivity (Wildman–Crippen MR) is 99.8 cm³/mol. The molecule has 0 unspecified atom stereocenters. The van der Waals surface area contributed by atoms with Gasteiger partial charge in [-0.3, -0.25) is 4.90 Å². The molecular formula is C18H18Cl2F3N3O. The third-order valence-electron chi connectivity index (χ3n) is 4.33. The average Bonchev–Trinajstić information content (AvgIpc) is 2.63. The van der Waals surface area contributed by atoms with Crippen molar-refractivity contribution >= 4 is 29.0 Å². The lowest BCUT2D eigenvalue weighted by molar-refractivity contribution is -0.137. The maximum atomic E-state index is 12.6. The Morgan fingerprint density at radius 2 is 1.78 bits per heavy atom. The fraction of sp³-hybridized carbons (Fsp3) is 0.389. The summed E-state index contributed by atoms with van der Waals surface area (Å²) in [4.78, 5) is 8.16. The lowest BCUT2D eigenvalue weighted by Crippen LogP contribution is -2.47. The van der Waals surface area contributed by atoms with E-state index in [1.54, 1.807) is 18.2 Å². The smallest absolute Gasteiger partial charge is 0.417 e. The van der Waals surface area contributed by atoms with Gasteiger partial charge in [-0.25, -0.2) is 4.98 Å². The quantitative estimate of drug-likeness (QED) is 0.707. The topological polar surface area (TPSA) is 28.6 Å². The summed E-state index contributed by atoms with van der Waals surface area (Å²) in [6, 6.07) is 7.58. The molecule has 0 saturated carbocycles. The molecule has 2 aromatic rings. The van der Waals surface area contributed by atoms with E-state index in [2.05, 4.69) is 9.88 Å². The van der Waals surface area contributed by atoms with Crippen molar-refractivity contribution in [3.05, 3.63) is 52.1 Å². The van der Waals surface area contributed by atoms with Crippen LogP contribution in [0.3, 0.4) is 0 Å². The summed E-state index contributed by atoms with van der Waals surface area (Å²) in [5.41, 5.74) is -0.733. The highest BCUT2D eigenvalue weighted by molar-refractivity contribution is 6.35. The van der Waals surface area contributed by atoms with Crippen LogP contribution < -0.4 is 9.64 Å². The molecule has 1 aromatic heterocycles. The summed E-state index contributed by atoms with van der Waals surface area (Å²) >= 11 is 11.9. The Bertz CT molecular complexity index is 763. The van der Waals surface area contributed by atoms with Gasteiger partial charge in [0.15, 0.2) is 0 Å². The van der Waals surface area contributed by atoms with Crippen molar-refractivity contribution < 1.29 is 17.9 Å². The molecule has 1 aliphatic heterocycles. The second-order valence-electron chi connectivity index (χ2n) is 6.15. The molecule has 27 heavy (non-hydrogen) atoms. The highest BCUT2D eigenvalue weighted by Crippen LogP contribution is 2.30. The van der Waals surface area contributed by atoms with E-state index in [0.717, 1.165) is 31.9 Å². The molecule has 1 aliphatic rings. The largest absolute Gasteiger partial charge is 0.491 e. The Balaban J connectivity index is 1.45. The van der Waals surface area contributed by atoms with Gasteiger partial charge >= 0.3 is 6.18 Å². The molecule has 1 saturated heterocycles. The van der Waals surface area contributed by atoms with Gasteiger partial charge in [-0.2, -0.15) is 13.2 Å². The summed E-state index contributed by atoms with van der Waals surface area (Å²) in [5, 5.41) is 1.03. The first kappa shape index (κ1) is 20.0. The standard InChI is InChI=1S/C18H18Cl2F3N3O/c19-14-2-3-16(15(20)11-14)27-10-9-25-5-7-26(8-6-25)17-4-1-13(12-24-17)18(21,22)23/h1-4,11-12H,5-10H2. The zero-order chi connectivity index (χ0) is 19.4. The number of ether oxygens (including phenoxy) is 1. The summed E-state index contributed by atoms with van der Waals surface area (Å²) in [5.74, 6) is 1.15. The minimum atomic E-state index is -4.36. The van der Waals surface area contributed by atoms with E-state index in [1.807, 2.05) is 4.90 Å². The molecule has 1 aromatic carbocycles. The minimum Gasteiger partial charge on any atom is -0.491 e. The molecule has 4 nitrogen and oxygen atoms in total. The second-order valence-corrected chi connectivity index (χ2v) is 7.00. The number of alkyl halides is 3. The number of hydrogen-bond donors (Lipinski definition) is 0. The Hall–Kier alpha value is -1.70. The van der Waals surface area contributed by atoms with Crippen molar-refractivity contribution in [2.75, 3.05) is 44.2 Å². The highest BCUT2D eigenvalue weighted by atomic mass is 35.5. The summed E-state index contributed by atoms with van der Waals surface area (Å²) in [6.45, 7) is 4.16. The zero-order valence-electron chi connectivity index (χ0n) is 14.3. The van der Waals surface area contributed by atoms with Crippen LogP contribution in [0.1, 0.15) is 5.56 Å². The lowest BCUT2D eigenvalue weighted by atomic mass is 10.2. The number of nitrogens with zero attached hydrogens (tertiary/aromatic N) is 3. The maximum Gasteiger partial charge on any atom is 0.417 e. The number of piperazine rings is 1. The van der Waals surface area contributed by atoms with Gasteiger partial charge in [0.05, 0.1) is 10.6 Å². The van der Waals surface area contributed by atoms with Gasteiger partial charge in [0, 0.05) is 43.9 Å². The number of aromatic nitrogens is 1. The van der Waals surface area contributed by atoms with Crippen molar-refractivity contribution in [1.82, 2.24) is 9.88 Å². The van der Waals surface area contributed by atoms with Crippen LogP contribution in [0.2, 0.25) is 10.0 Å². The van der Waals surface area contributed by atoms with Crippen LogP contribution in [-0.2, 0) is 6.18 Å². The van der Waals surface area contributed by atoms with E-state index in [4.69, 9.17) is 27.9 Å². The molecule has 0 amide bonds. The van der Waals surface area contributed by atoms with E-state index >= 15 is 0 Å². The number of benzene rings is 1. The number of halogens is 5. The summed E-state index contributed by atoms with van der Waals surface area (Å²) in [6.07, 6.45) is -3.48. The van der Waals surface area contributed by atoms with Crippen molar-refractivity contribution in [3.8, 4) is 5.75 Å². The van der Waals surface area contributed by atoms with E-state index in [1.165, 1.54) is 6.07 Å². The Morgan fingerprint density at radius 1 is 1.04 bits per heavy atom. The van der Waals surface area contributed by atoms with Gasteiger partial charge in [0.1, 0.15) is 18.2 Å². The molecule has 0 atom stereocenters. The van der Waals surface area contributed by atoms with Crippen LogP contribution in [0.5, 0.6) is 5.75 Å². The molecule has 0 bridgehead atoms. The predicted octanol–water partition coefficient (Wildman–Crippen LogP) is 4.61. The molecule has 9 heteroatoms.